The van der Waals surface area contributed by atoms with Crippen LogP contribution in [0.5, 0.6) is 0 Å². The zero-order valence-electron chi connectivity index (χ0n) is 11.0. The minimum Gasteiger partial charge on any atom is -0.323 e. The van der Waals surface area contributed by atoms with E-state index in [0.717, 1.165) is 5.56 Å². The molecule has 96 valence electrons. The van der Waals surface area contributed by atoms with E-state index in [9.17, 15) is 9.59 Å². The average Bonchev–Trinajstić information content (AvgIpc) is 2.34. The zero-order valence-corrected chi connectivity index (χ0v) is 11.0. The van der Waals surface area contributed by atoms with Crippen molar-refractivity contribution in [3.05, 3.63) is 29.8 Å². The maximum absolute atomic E-state index is 12.3. The lowest BCUT2D eigenvalue weighted by Gasteiger charge is -2.36. The first kappa shape index (κ1) is 12.6. The summed E-state index contributed by atoms with van der Waals surface area (Å²) in [6.45, 7) is 6.87. The molecule has 0 N–H and O–H groups in total. The lowest BCUT2D eigenvalue weighted by Crippen LogP contribution is -2.56. The molecule has 1 saturated heterocycles. The van der Waals surface area contributed by atoms with Gasteiger partial charge in [-0.2, -0.15) is 0 Å². The van der Waals surface area contributed by atoms with Crippen molar-refractivity contribution in [2.24, 2.45) is 5.92 Å². The van der Waals surface area contributed by atoms with E-state index in [2.05, 4.69) is 0 Å². The fourth-order valence-corrected chi connectivity index (χ4v) is 2.21. The molecule has 4 nitrogen and oxygen atoms in total. The molecule has 0 aromatic heterocycles. The summed E-state index contributed by atoms with van der Waals surface area (Å²) in [6.07, 6.45) is 0. The van der Waals surface area contributed by atoms with Crippen LogP contribution < -0.4 is 4.90 Å². The number of hydrogen-bond acceptors (Lipinski definition) is 2. The molecule has 1 fully saturated rings. The van der Waals surface area contributed by atoms with E-state index in [0.29, 0.717) is 18.8 Å². The highest BCUT2D eigenvalue weighted by Gasteiger charge is 2.36. The van der Waals surface area contributed by atoms with E-state index in [1.165, 1.54) is 4.90 Å². The van der Waals surface area contributed by atoms with E-state index in [4.69, 9.17) is 0 Å². The molecule has 2 rings (SSSR count). The number of carbonyl (C=O) groups is 2. The number of carbonyl (C=O) groups excluding carboxylic acids is 2. The van der Waals surface area contributed by atoms with Gasteiger partial charge in [-0.1, -0.05) is 19.1 Å². The number of imide groups is 1. The molecule has 1 atom stereocenters. The number of urea groups is 1. The minimum atomic E-state index is -0.216. The van der Waals surface area contributed by atoms with Crippen molar-refractivity contribution in [1.82, 2.24) is 4.90 Å². The molecular formula is C14H18N2O2. The Morgan fingerprint density at radius 2 is 2.06 bits per heavy atom. The van der Waals surface area contributed by atoms with Crippen LogP contribution in [-0.4, -0.2) is 29.9 Å². The predicted molar refractivity (Wildman–Crippen MR) is 70.5 cm³/mol. The van der Waals surface area contributed by atoms with Crippen molar-refractivity contribution in [2.45, 2.75) is 20.8 Å². The SMILES string of the molecule is CCN1CC(C)C(=O)N(c2cccc(C)c2)C1=O. The second kappa shape index (κ2) is 4.80. The molecule has 0 aliphatic carbocycles. The standard InChI is InChI=1S/C14H18N2O2/c1-4-15-9-11(3)13(17)16(14(15)18)12-7-5-6-10(2)8-12/h5-8,11H,4,9H2,1-3H3. The third-order valence-corrected chi connectivity index (χ3v) is 3.24. The van der Waals surface area contributed by atoms with Crippen LogP contribution in [-0.2, 0) is 4.79 Å². The van der Waals surface area contributed by atoms with Crippen LogP contribution in [0.3, 0.4) is 0 Å². The van der Waals surface area contributed by atoms with Gasteiger partial charge in [0.05, 0.1) is 11.6 Å². The monoisotopic (exact) mass is 246 g/mol. The Bertz CT molecular complexity index is 484. The molecule has 0 bridgehead atoms. The first-order valence-corrected chi connectivity index (χ1v) is 6.24. The van der Waals surface area contributed by atoms with Gasteiger partial charge in [0.15, 0.2) is 0 Å². The lowest BCUT2D eigenvalue weighted by molar-refractivity contribution is -0.122. The Kier molecular flexibility index (Phi) is 3.36. The Labute approximate surface area is 107 Å². The normalized spacial score (nSPS) is 20.5. The number of hydrogen-bond donors (Lipinski definition) is 0. The van der Waals surface area contributed by atoms with Crippen LogP contribution in [0.2, 0.25) is 0 Å². The summed E-state index contributed by atoms with van der Waals surface area (Å²) in [5.74, 6) is -0.265. The summed E-state index contributed by atoms with van der Waals surface area (Å²) in [7, 11) is 0. The maximum atomic E-state index is 12.3. The van der Waals surface area contributed by atoms with Crippen molar-refractivity contribution in [2.75, 3.05) is 18.0 Å². The van der Waals surface area contributed by atoms with Crippen LogP contribution in [0, 0.1) is 12.8 Å². The smallest absolute Gasteiger partial charge is 0.323 e. The highest BCUT2D eigenvalue weighted by Crippen LogP contribution is 2.24. The predicted octanol–water partition coefficient (Wildman–Crippen LogP) is 2.42. The molecule has 1 heterocycles. The second-order valence-electron chi connectivity index (χ2n) is 4.73. The van der Waals surface area contributed by atoms with E-state index in [-0.39, 0.29) is 17.9 Å². The summed E-state index contributed by atoms with van der Waals surface area (Å²) in [5, 5.41) is 0. The fourth-order valence-electron chi connectivity index (χ4n) is 2.21. The Hall–Kier alpha value is -1.84. The summed E-state index contributed by atoms with van der Waals surface area (Å²) in [6, 6.07) is 7.26. The van der Waals surface area contributed by atoms with Crippen LogP contribution in [0.1, 0.15) is 19.4 Å². The quantitative estimate of drug-likeness (QED) is 0.804. The van der Waals surface area contributed by atoms with Crippen molar-refractivity contribution in [1.29, 1.82) is 0 Å². The van der Waals surface area contributed by atoms with E-state index in [1.54, 1.807) is 11.0 Å². The summed E-state index contributed by atoms with van der Waals surface area (Å²) < 4.78 is 0. The van der Waals surface area contributed by atoms with Gasteiger partial charge >= 0.3 is 6.03 Å². The van der Waals surface area contributed by atoms with Gasteiger partial charge in [0.1, 0.15) is 0 Å². The molecule has 1 unspecified atom stereocenters. The highest BCUT2D eigenvalue weighted by atomic mass is 16.2. The molecule has 0 radical (unpaired) electrons. The Morgan fingerprint density at radius 3 is 2.67 bits per heavy atom. The first-order chi connectivity index (χ1) is 8.54. The summed E-state index contributed by atoms with van der Waals surface area (Å²) >= 11 is 0. The van der Waals surface area contributed by atoms with Gasteiger partial charge in [-0.05, 0) is 31.5 Å². The van der Waals surface area contributed by atoms with E-state index < -0.39 is 0 Å². The molecular weight excluding hydrogens is 228 g/mol. The molecule has 1 aromatic rings. The minimum absolute atomic E-state index is 0.115. The van der Waals surface area contributed by atoms with Gasteiger partial charge < -0.3 is 4.90 Å². The van der Waals surface area contributed by atoms with Crippen LogP contribution in [0.15, 0.2) is 24.3 Å². The zero-order chi connectivity index (χ0) is 13.3. The van der Waals surface area contributed by atoms with E-state index >= 15 is 0 Å². The highest BCUT2D eigenvalue weighted by molar-refractivity contribution is 6.16. The van der Waals surface area contributed by atoms with Crippen molar-refractivity contribution in [3.8, 4) is 0 Å². The Morgan fingerprint density at radius 1 is 1.33 bits per heavy atom. The third-order valence-electron chi connectivity index (χ3n) is 3.24. The number of anilines is 1. The molecule has 3 amide bonds. The molecule has 1 aliphatic heterocycles. The number of aryl methyl sites for hydroxylation is 1. The second-order valence-corrected chi connectivity index (χ2v) is 4.73. The molecule has 18 heavy (non-hydrogen) atoms. The van der Waals surface area contributed by atoms with Crippen molar-refractivity contribution < 1.29 is 9.59 Å². The molecule has 0 saturated carbocycles. The number of amides is 3. The molecule has 4 heteroatoms. The third kappa shape index (κ3) is 2.10. The summed E-state index contributed by atoms with van der Waals surface area (Å²) in [5.41, 5.74) is 1.70. The number of benzene rings is 1. The van der Waals surface area contributed by atoms with Crippen molar-refractivity contribution in [3.63, 3.8) is 0 Å². The van der Waals surface area contributed by atoms with Gasteiger partial charge in [-0.25, -0.2) is 9.69 Å². The molecule has 0 spiro atoms. The average molecular weight is 246 g/mol. The van der Waals surface area contributed by atoms with Crippen LogP contribution >= 0.6 is 0 Å². The summed E-state index contributed by atoms with van der Waals surface area (Å²) in [4.78, 5) is 27.4. The van der Waals surface area contributed by atoms with E-state index in [1.807, 2.05) is 39.0 Å². The first-order valence-electron chi connectivity index (χ1n) is 6.24. The van der Waals surface area contributed by atoms with Gasteiger partial charge in [0.25, 0.3) is 0 Å². The van der Waals surface area contributed by atoms with Gasteiger partial charge in [0.2, 0.25) is 5.91 Å². The van der Waals surface area contributed by atoms with Gasteiger partial charge in [-0.15, -0.1) is 0 Å². The molecule has 1 aliphatic rings. The van der Waals surface area contributed by atoms with Crippen LogP contribution in [0.25, 0.3) is 0 Å². The lowest BCUT2D eigenvalue weighted by atomic mass is 10.1. The molecule has 1 aromatic carbocycles. The van der Waals surface area contributed by atoms with Crippen LogP contribution in [0.4, 0.5) is 10.5 Å². The largest absolute Gasteiger partial charge is 0.331 e. The Balaban J connectivity index is 2.39. The van der Waals surface area contributed by atoms with Gasteiger partial charge in [-0.3, -0.25) is 4.79 Å². The van der Waals surface area contributed by atoms with Gasteiger partial charge in [0, 0.05) is 13.1 Å². The number of nitrogens with zero attached hydrogens (tertiary/aromatic N) is 2. The fraction of sp³-hybridized carbons (Fsp3) is 0.429. The number of rotatable bonds is 2. The van der Waals surface area contributed by atoms with Crippen molar-refractivity contribution >= 4 is 17.6 Å². The topological polar surface area (TPSA) is 40.6 Å². The maximum Gasteiger partial charge on any atom is 0.331 e.